The van der Waals surface area contributed by atoms with E-state index < -0.39 is 17.4 Å². The SMILES string of the molecule is CC=C(CC)[C@H]1N(CC(=O)NCCN2CCOCC2)C(=O)C[C@@H](c2cccc(Cl)c2)[C@]12C(=O)Nc1cc(Cl)ccc12. The fourth-order valence-electron chi connectivity index (χ4n) is 6.70. The molecule has 3 aliphatic rings. The van der Waals surface area contributed by atoms with E-state index in [1.807, 2.05) is 44.2 Å². The molecule has 3 amide bonds. The van der Waals surface area contributed by atoms with Crippen molar-refractivity contribution >= 4 is 46.6 Å². The molecule has 2 aromatic carbocycles. The van der Waals surface area contributed by atoms with Gasteiger partial charge in [0.1, 0.15) is 12.0 Å². The van der Waals surface area contributed by atoms with Gasteiger partial charge in [0.15, 0.2) is 0 Å². The number of hydrogen-bond donors (Lipinski definition) is 2. The molecule has 2 aromatic rings. The summed E-state index contributed by atoms with van der Waals surface area (Å²) in [6.07, 6.45) is 2.61. The monoisotopic (exact) mass is 598 g/mol. The standard InChI is InChI=1S/C31H36Cl2N4O4/c1-3-20(4-2)29-31(24-9-8-23(33)17-26(24)35-30(31)40)25(21-6-5-7-22(32)16-21)18-28(39)37(29)19-27(38)34-10-11-36-12-14-41-15-13-36/h3,5-9,16-17,25,29H,4,10-15,18-19H2,1-2H3,(H,34,38)(H,35,40)/t25-,29+,31-/m0/s1. The minimum atomic E-state index is -1.19. The summed E-state index contributed by atoms with van der Waals surface area (Å²) in [4.78, 5) is 45.5. The lowest BCUT2D eigenvalue weighted by Gasteiger charge is -2.52. The van der Waals surface area contributed by atoms with Gasteiger partial charge in [0.2, 0.25) is 17.7 Å². The molecule has 0 aliphatic carbocycles. The number of amides is 3. The van der Waals surface area contributed by atoms with E-state index in [1.165, 1.54) is 0 Å². The third-order valence-electron chi connectivity index (χ3n) is 8.59. The molecule has 2 N–H and O–H groups in total. The quantitative estimate of drug-likeness (QED) is 0.440. The Labute approximate surface area is 251 Å². The molecule has 41 heavy (non-hydrogen) atoms. The number of hydrogen-bond acceptors (Lipinski definition) is 5. The summed E-state index contributed by atoms with van der Waals surface area (Å²) in [6, 6.07) is 12.1. The number of anilines is 1. The molecule has 3 aliphatic heterocycles. The van der Waals surface area contributed by atoms with E-state index in [2.05, 4.69) is 15.5 Å². The lowest BCUT2D eigenvalue weighted by Crippen LogP contribution is -2.65. The van der Waals surface area contributed by atoms with Crippen molar-refractivity contribution < 1.29 is 19.1 Å². The van der Waals surface area contributed by atoms with E-state index in [0.717, 1.165) is 29.8 Å². The van der Waals surface area contributed by atoms with Crippen LogP contribution in [0.3, 0.4) is 0 Å². The Bertz CT molecular complexity index is 1360. The first-order valence-corrected chi connectivity index (χ1v) is 14.9. The molecule has 0 bridgehead atoms. The summed E-state index contributed by atoms with van der Waals surface area (Å²) < 4.78 is 5.40. The molecule has 1 spiro atoms. The zero-order chi connectivity index (χ0) is 29.1. The molecule has 0 aromatic heterocycles. The van der Waals surface area contributed by atoms with Crippen LogP contribution >= 0.6 is 23.2 Å². The number of carbonyl (C=O) groups excluding carboxylic acids is 3. The van der Waals surface area contributed by atoms with E-state index in [1.54, 1.807) is 23.1 Å². The predicted octanol–water partition coefficient (Wildman–Crippen LogP) is 4.37. The zero-order valence-electron chi connectivity index (χ0n) is 23.4. The second-order valence-electron chi connectivity index (χ2n) is 10.8. The van der Waals surface area contributed by atoms with Gasteiger partial charge in [-0.3, -0.25) is 19.3 Å². The summed E-state index contributed by atoms with van der Waals surface area (Å²) in [5, 5.41) is 7.09. The molecule has 5 rings (SSSR count). The first-order chi connectivity index (χ1) is 19.8. The van der Waals surface area contributed by atoms with Crippen molar-refractivity contribution in [3.05, 3.63) is 75.3 Å². The van der Waals surface area contributed by atoms with Crippen LogP contribution in [0.1, 0.15) is 43.7 Å². The molecular weight excluding hydrogens is 563 g/mol. The number of allylic oxidation sites excluding steroid dienone is 1. The molecule has 2 fully saturated rings. The van der Waals surface area contributed by atoms with Gasteiger partial charge in [0, 0.05) is 54.3 Å². The van der Waals surface area contributed by atoms with Crippen LogP contribution < -0.4 is 10.6 Å². The Balaban J connectivity index is 1.55. The maximum atomic E-state index is 14.4. The van der Waals surface area contributed by atoms with E-state index >= 15 is 0 Å². The van der Waals surface area contributed by atoms with Crippen LogP contribution in [0.2, 0.25) is 10.0 Å². The van der Waals surface area contributed by atoms with Crippen molar-refractivity contribution in [1.82, 2.24) is 15.1 Å². The van der Waals surface area contributed by atoms with Crippen molar-refractivity contribution in [3.8, 4) is 0 Å². The van der Waals surface area contributed by atoms with Gasteiger partial charge >= 0.3 is 0 Å². The number of carbonyl (C=O) groups is 3. The summed E-state index contributed by atoms with van der Waals surface area (Å²) in [6.45, 7) is 7.97. The first kappa shape index (κ1) is 29.6. The maximum Gasteiger partial charge on any atom is 0.239 e. The van der Waals surface area contributed by atoms with Crippen LogP contribution in [0.15, 0.2) is 54.1 Å². The third kappa shape index (κ3) is 5.63. The van der Waals surface area contributed by atoms with Crippen molar-refractivity contribution in [1.29, 1.82) is 0 Å². The van der Waals surface area contributed by atoms with Crippen molar-refractivity contribution in [3.63, 3.8) is 0 Å². The van der Waals surface area contributed by atoms with Crippen LogP contribution in [-0.4, -0.2) is 79.5 Å². The Kier molecular flexibility index (Phi) is 9.04. The topological polar surface area (TPSA) is 91.0 Å². The third-order valence-corrected chi connectivity index (χ3v) is 9.06. The molecule has 0 saturated carbocycles. The lowest BCUT2D eigenvalue weighted by molar-refractivity contribution is -0.147. The van der Waals surface area contributed by atoms with Crippen molar-refractivity contribution in [2.45, 2.75) is 44.1 Å². The van der Waals surface area contributed by atoms with Crippen LogP contribution in [0.25, 0.3) is 0 Å². The van der Waals surface area contributed by atoms with Crippen LogP contribution in [0, 0.1) is 0 Å². The fraction of sp³-hybridized carbons (Fsp3) is 0.452. The number of piperidine rings is 1. The highest BCUT2D eigenvalue weighted by atomic mass is 35.5. The highest BCUT2D eigenvalue weighted by Gasteiger charge is 2.63. The van der Waals surface area contributed by atoms with Gasteiger partial charge in [0.25, 0.3) is 0 Å². The largest absolute Gasteiger partial charge is 0.379 e. The van der Waals surface area contributed by atoms with E-state index in [0.29, 0.717) is 48.5 Å². The number of morpholine rings is 1. The summed E-state index contributed by atoms with van der Waals surface area (Å²) in [5.41, 5.74) is 1.90. The number of likely N-dealkylation sites (tertiary alicyclic amines) is 1. The van der Waals surface area contributed by atoms with Crippen molar-refractivity contribution in [2.24, 2.45) is 0 Å². The van der Waals surface area contributed by atoms with Gasteiger partial charge in [-0.15, -0.1) is 0 Å². The van der Waals surface area contributed by atoms with Gasteiger partial charge in [-0.25, -0.2) is 0 Å². The highest BCUT2D eigenvalue weighted by Crippen LogP contribution is 2.57. The first-order valence-electron chi connectivity index (χ1n) is 14.2. The Morgan fingerprint density at radius 1 is 1.15 bits per heavy atom. The number of fused-ring (bicyclic) bond motifs is 2. The van der Waals surface area contributed by atoms with Gasteiger partial charge in [0.05, 0.1) is 19.3 Å². The Morgan fingerprint density at radius 3 is 2.61 bits per heavy atom. The highest BCUT2D eigenvalue weighted by molar-refractivity contribution is 6.31. The number of benzene rings is 2. The van der Waals surface area contributed by atoms with Crippen LogP contribution in [-0.2, 0) is 24.5 Å². The van der Waals surface area contributed by atoms with Crippen molar-refractivity contribution in [2.75, 3.05) is 51.3 Å². The molecule has 218 valence electrons. The minimum Gasteiger partial charge on any atom is -0.379 e. The minimum absolute atomic E-state index is 0.0497. The Morgan fingerprint density at radius 2 is 1.90 bits per heavy atom. The van der Waals surface area contributed by atoms with Gasteiger partial charge in [-0.2, -0.15) is 0 Å². The zero-order valence-corrected chi connectivity index (χ0v) is 24.9. The second-order valence-corrected chi connectivity index (χ2v) is 11.6. The smallest absolute Gasteiger partial charge is 0.239 e. The van der Waals surface area contributed by atoms with Gasteiger partial charge < -0.3 is 20.3 Å². The van der Waals surface area contributed by atoms with E-state index in [9.17, 15) is 14.4 Å². The summed E-state index contributed by atoms with van der Waals surface area (Å²) in [5.74, 6) is -1.17. The van der Waals surface area contributed by atoms with E-state index in [-0.39, 0.29) is 30.7 Å². The van der Waals surface area contributed by atoms with Crippen LogP contribution in [0.5, 0.6) is 0 Å². The average Bonchev–Trinajstić information content (AvgIpc) is 3.23. The summed E-state index contributed by atoms with van der Waals surface area (Å²) in [7, 11) is 0. The molecule has 2 saturated heterocycles. The normalized spacial score (nSPS) is 24.9. The average molecular weight is 600 g/mol. The molecule has 10 heteroatoms. The number of nitrogens with one attached hydrogen (secondary N) is 2. The molecule has 0 radical (unpaired) electrons. The fourth-order valence-corrected chi connectivity index (χ4v) is 7.07. The molecule has 3 heterocycles. The van der Waals surface area contributed by atoms with Gasteiger partial charge in [-0.1, -0.05) is 60.0 Å². The number of ether oxygens (including phenoxy) is 1. The molecule has 0 unspecified atom stereocenters. The number of nitrogens with zero attached hydrogens (tertiary/aromatic N) is 2. The van der Waals surface area contributed by atoms with Gasteiger partial charge in [-0.05, 0) is 48.7 Å². The molecule has 8 nitrogen and oxygen atoms in total. The predicted molar refractivity (Wildman–Crippen MR) is 160 cm³/mol. The lowest BCUT2D eigenvalue weighted by atomic mass is 9.58. The number of halogens is 2. The van der Waals surface area contributed by atoms with E-state index in [4.69, 9.17) is 27.9 Å². The molecular formula is C31H36Cl2N4O4. The number of rotatable bonds is 8. The summed E-state index contributed by atoms with van der Waals surface area (Å²) >= 11 is 12.8. The Hall–Kier alpha value is -2.91. The van der Waals surface area contributed by atoms with Crippen LogP contribution in [0.4, 0.5) is 5.69 Å². The second kappa shape index (κ2) is 12.5. The maximum absolute atomic E-state index is 14.4. The molecule has 3 atom stereocenters.